The highest BCUT2D eigenvalue weighted by molar-refractivity contribution is 5.85. The predicted octanol–water partition coefficient (Wildman–Crippen LogP) is 2.84. The number of carbonyl (C=O) groups is 1. The fourth-order valence-corrected chi connectivity index (χ4v) is 3.93. The summed E-state index contributed by atoms with van der Waals surface area (Å²) in [7, 11) is 3.47. The van der Waals surface area contributed by atoms with Gasteiger partial charge in [-0.05, 0) is 25.3 Å². The molecule has 1 aliphatic heterocycles. The summed E-state index contributed by atoms with van der Waals surface area (Å²) in [5, 5.41) is 6.76. The lowest BCUT2D eigenvalue weighted by atomic mass is 10.1. The molecule has 1 aliphatic carbocycles. The van der Waals surface area contributed by atoms with Gasteiger partial charge in [0.2, 0.25) is 5.91 Å². The van der Waals surface area contributed by atoms with Crippen molar-refractivity contribution in [2.24, 2.45) is 4.99 Å². The Morgan fingerprint density at radius 3 is 2.57 bits per heavy atom. The van der Waals surface area contributed by atoms with Crippen molar-refractivity contribution < 1.29 is 14.3 Å². The zero-order valence-electron chi connectivity index (χ0n) is 18.5. The average molecular weight is 417 g/mol. The third-order valence-corrected chi connectivity index (χ3v) is 5.80. The molecule has 3 rings (SSSR count). The number of nitrogens with zero attached hydrogens (tertiary/aromatic N) is 2. The number of nitrogens with one attached hydrogen (secondary N) is 2. The minimum atomic E-state index is -0.397. The number of benzene rings is 1. The minimum absolute atomic E-state index is 0.0216. The van der Waals surface area contributed by atoms with Gasteiger partial charge >= 0.3 is 0 Å². The Balaban J connectivity index is 1.59. The lowest BCUT2D eigenvalue weighted by molar-refractivity contribution is -0.175. The van der Waals surface area contributed by atoms with Crippen LogP contribution in [0, 0.1) is 0 Å². The van der Waals surface area contributed by atoms with Gasteiger partial charge < -0.3 is 25.0 Å². The second-order valence-corrected chi connectivity index (χ2v) is 8.49. The summed E-state index contributed by atoms with van der Waals surface area (Å²) in [5.41, 5.74) is 1.16. The van der Waals surface area contributed by atoms with Crippen LogP contribution in [0.5, 0.6) is 0 Å². The van der Waals surface area contributed by atoms with Gasteiger partial charge in [-0.15, -0.1) is 0 Å². The molecule has 7 nitrogen and oxygen atoms in total. The number of rotatable bonds is 6. The fourth-order valence-electron chi connectivity index (χ4n) is 3.93. The zero-order valence-corrected chi connectivity index (χ0v) is 18.5. The Kier molecular flexibility index (Phi) is 8.10. The Hall–Kier alpha value is -2.12. The zero-order chi connectivity index (χ0) is 21.4. The van der Waals surface area contributed by atoms with E-state index >= 15 is 0 Å². The molecule has 1 heterocycles. The fraction of sp³-hybridized carbons (Fsp3) is 0.652. The van der Waals surface area contributed by atoms with E-state index in [2.05, 4.69) is 34.7 Å². The van der Waals surface area contributed by atoms with E-state index in [1.807, 2.05) is 18.2 Å². The molecular formula is C23H36N4O3. The Morgan fingerprint density at radius 1 is 1.20 bits per heavy atom. The first-order chi connectivity index (χ1) is 14.5. The third kappa shape index (κ3) is 6.44. The molecule has 1 spiro atoms. The van der Waals surface area contributed by atoms with Gasteiger partial charge in [0.1, 0.15) is 12.6 Å². The Labute approximate surface area is 180 Å². The van der Waals surface area contributed by atoms with Crippen molar-refractivity contribution in [2.45, 2.75) is 63.4 Å². The van der Waals surface area contributed by atoms with E-state index in [0.717, 1.165) is 31.2 Å². The largest absolute Gasteiger partial charge is 0.354 e. The molecule has 1 saturated heterocycles. The highest BCUT2D eigenvalue weighted by Crippen LogP contribution is 2.36. The van der Waals surface area contributed by atoms with Crippen LogP contribution in [0.15, 0.2) is 35.3 Å². The smallest absolute Gasteiger partial charge is 0.243 e. The molecule has 2 N–H and O–H groups in total. The first-order valence-corrected chi connectivity index (χ1v) is 11.1. The van der Waals surface area contributed by atoms with Crippen LogP contribution >= 0.6 is 0 Å². The number of likely N-dealkylation sites (N-methyl/N-ethyl adjacent to an activating group) is 1. The number of hydrogen-bond donors (Lipinski definition) is 2. The molecule has 2 fully saturated rings. The maximum Gasteiger partial charge on any atom is 0.243 e. The standard InChI is InChI=1S/C23H36N4O3/c1-18(19-11-7-6-8-12-19)26-22(25-16-21(28)27(2)3)24-15-20-17-29-23(30-20)13-9-4-5-10-14-23/h6-8,11-12,18,20H,4-5,9-10,13-17H2,1-3H3,(H2,24,25,26). The van der Waals surface area contributed by atoms with Crippen LogP contribution in [0.1, 0.15) is 57.1 Å². The molecule has 0 bridgehead atoms. The lowest BCUT2D eigenvalue weighted by Crippen LogP contribution is -2.44. The number of ether oxygens (including phenoxy) is 2. The summed E-state index contributed by atoms with van der Waals surface area (Å²) in [6.45, 7) is 3.35. The van der Waals surface area contributed by atoms with Crippen LogP contribution in [0.2, 0.25) is 0 Å². The molecule has 2 unspecified atom stereocenters. The molecule has 7 heteroatoms. The lowest BCUT2D eigenvalue weighted by Gasteiger charge is -2.26. The molecule has 1 amide bonds. The van der Waals surface area contributed by atoms with Crippen LogP contribution in [0.4, 0.5) is 0 Å². The van der Waals surface area contributed by atoms with Gasteiger partial charge in [-0.1, -0.05) is 43.2 Å². The quantitative estimate of drug-likeness (QED) is 0.551. The van der Waals surface area contributed by atoms with Crippen molar-refractivity contribution in [1.29, 1.82) is 0 Å². The Morgan fingerprint density at radius 2 is 1.90 bits per heavy atom. The van der Waals surface area contributed by atoms with Gasteiger partial charge in [-0.3, -0.25) is 4.79 Å². The van der Waals surface area contributed by atoms with E-state index in [4.69, 9.17) is 9.47 Å². The number of amides is 1. The summed E-state index contributed by atoms with van der Waals surface area (Å²) in [4.78, 5) is 18.1. The predicted molar refractivity (Wildman–Crippen MR) is 118 cm³/mol. The molecule has 1 saturated carbocycles. The van der Waals surface area contributed by atoms with Crippen molar-refractivity contribution in [2.75, 3.05) is 33.8 Å². The van der Waals surface area contributed by atoms with E-state index in [9.17, 15) is 4.79 Å². The van der Waals surface area contributed by atoms with Crippen molar-refractivity contribution >= 4 is 11.9 Å². The number of carbonyl (C=O) groups excluding carboxylic acids is 1. The van der Waals surface area contributed by atoms with E-state index in [1.165, 1.54) is 12.8 Å². The molecule has 0 aromatic heterocycles. The van der Waals surface area contributed by atoms with Crippen LogP contribution in [-0.2, 0) is 14.3 Å². The maximum atomic E-state index is 12.0. The molecular weight excluding hydrogens is 380 g/mol. The summed E-state index contributed by atoms with van der Waals surface area (Å²) in [6, 6.07) is 10.2. The van der Waals surface area contributed by atoms with Gasteiger partial charge in [0.05, 0.1) is 12.6 Å². The average Bonchev–Trinajstić information content (AvgIpc) is 3.00. The minimum Gasteiger partial charge on any atom is -0.354 e. The highest BCUT2D eigenvalue weighted by atomic mass is 16.7. The summed E-state index contributed by atoms with van der Waals surface area (Å²) in [6.07, 6.45) is 6.78. The molecule has 2 atom stereocenters. The molecule has 2 aliphatic rings. The van der Waals surface area contributed by atoms with Crippen LogP contribution in [0.3, 0.4) is 0 Å². The van der Waals surface area contributed by atoms with Gasteiger partial charge in [-0.2, -0.15) is 0 Å². The van der Waals surface area contributed by atoms with Gasteiger partial charge in [0.25, 0.3) is 0 Å². The first-order valence-electron chi connectivity index (χ1n) is 11.1. The van der Waals surface area contributed by atoms with Crippen molar-refractivity contribution in [3.8, 4) is 0 Å². The van der Waals surface area contributed by atoms with Crippen LogP contribution in [0.25, 0.3) is 0 Å². The topological polar surface area (TPSA) is 75.2 Å². The molecule has 30 heavy (non-hydrogen) atoms. The highest BCUT2D eigenvalue weighted by Gasteiger charge is 2.41. The molecule has 1 aromatic carbocycles. The molecule has 0 radical (unpaired) electrons. The van der Waals surface area contributed by atoms with Crippen molar-refractivity contribution in [1.82, 2.24) is 15.5 Å². The second kappa shape index (κ2) is 10.8. The maximum absolute atomic E-state index is 12.0. The number of guanidine groups is 1. The van der Waals surface area contributed by atoms with Crippen molar-refractivity contribution in [3.63, 3.8) is 0 Å². The van der Waals surface area contributed by atoms with Crippen molar-refractivity contribution in [3.05, 3.63) is 35.9 Å². The van der Waals surface area contributed by atoms with E-state index in [1.54, 1.807) is 19.0 Å². The molecule has 166 valence electrons. The number of aliphatic imine (C=N–C) groups is 1. The van der Waals surface area contributed by atoms with E-state index < -0.39 is 5.79 Å². The monoisotopic (exact) mass is 416 g/mol. The first kappa shape index (κ1) is 22.6. The van der Waals surface area contributed by atoms with Gasteiger partial charge in [0.15, 0.2) is 11.7 Å². The van der Waals surface area contributed by atoms with E-state index in [0.29, 0.717) is 19.1 Å². The SMILES string of the molecule is CC(NC(=NCC(=O)N(C)C)NCC1COC2(CCCCCC2)O1)c1ccccc1. The normalized spacial score (nSPS) is 22.4. The summed E-state index contributed by atoms with van der Waals surface area (Å²) in [5.74, 6) is 0.166. The van der Waals surface area contributed by atoms with E-state index in [-0.39, 0.29) is 24.6 Å². The summed E-state index contributed by atoms with van der Waals surface area (Å²) >= 11 is 0. The van der Waals surface area contributed by atoms with Crippen LogP contribution in [-0.4, -0.2) is 62.4 Å². The van der Waals surface area contributed by atoms with Crippen LogP contribution < -0.4 is 10.6 Å². The van der Waals surface area contributed by atoms with Gasteiger partial charge in [-0.25, -0.2) is 4.99 Å². The Bertz CT molecular complexity index is 700. The molecule has 1 aromatic rings. The van der Waals surface area contributed by atoms with Gasteiger partial charge in [0, 0.05) is 33.5 Å². The second-order valence-electron chi connectivity index (χ2n) is 8.49. The summed E-state index contributed by atoms with van der Waals surface area (Å²) < 4.78 is 12.4. The number of hydrogen-bond acceptors (Lipinski definition) is 4. The third-order valence-electron chi connectivity index (χ3n) is 5.80.